The second-order valence-electron chi connectivity index (χ2n) is 5.37. The third kappa shape index (κ3) is 3.84. The van der Waals surface area contributed by atoms with Crippen LogP contribution in [0.5, 0.6) is 0 Å². The van der Waals surface area contributed by atoms with Crippen LogP contribution in [-0.2, 0) is 16.1 Å². The normalized spacial score (nSPS) is 17.3. The number of furan rings is 1. The van der Waals surface area contributed by atoms with Gasteiger partial charge in [-0.3, -0.25) is 4.79 Å². The summed E-state index contributed by atoms with van der Waals surface area (Å²) in [6.07, 6.45) is 6.67. The van der Waals surface area contributed by atoms with Crippen molar-refractivity contribution in [3.63, 3.8) is 0 Å². The molecule has 1 aromatic rings. The first kappa shape index (κ1) is 15.1. The highest BCUT2D eigenvalue weighted by atomic mass is 16.5. The Labute approximate surface area is 120 Å². The van der Waals surface area contributed by atoms with Gasteiger partial charge in [0.15, 0.2) is 0 Å². The third-order valence-electron chi connectivity index (χ3n) is 3.91. The molecule has 0 bridgehead atoms. The highest BCUT2D eigenvalue weighted by molar-refractivity contribution is 5.82. The second-order valence-corrected chi connectivity index (χ2v) is 5.37. The summed E-state index contributed by atoms with van der Waals surface area (Å²) < 4.78 is 10.4. The van der Waals surface area contributed by atoms with Gasteiger partial charge in [0.1, 0.15) is 5.76 Å². The molecule has 1 saturated carbocycles. The smallest absolute Gasteiger partial charge is 0.240 e. The first-order valence-electron chi connectivity index (χ1n) is 7.29. The van der Waals surface area contributed by atoms with Gasteiger partial charge in [-0.1, -0.05) is 12.8 Å². The topological polar surface area (TPSA) is 68.7 Å². The lowest BCUT2D eigenvalue weighted by Crippen LogP contribution is -2.47. The maximum absolute atomic E-state index is 12.6. The number of nitrogens with two attached hydrogens (primary N) is 1. The minimum atomic E-state index is -0.495. The summed E-state index contributed by atoms with van der Waals surface area (Å²) in [7, 11) is 1.62. The lowest BCUT2D eigenvalue weighted by atomic mass is 10.1. The van der Waals surface area contributed by atoms with Gasteiger partial charge in [-0.15, -0.1) is 0 Å². The number of ether oxygens (including phenoxy) is 1. The fourth-order valence-electron chi connectivity index (χ4n) is 2.75. The molecule has 1 unspecified atom stereocenters. The van der Waals surface area contributed by atoms with Gasteiger partial charge in [-0.25, -0.2) is 0 Å². The Bertz CT molecular complexity index is 399. The van der Waals surface area contributed by atoms with Gasteiger partial charge < -0.3 is 19.8 Å². The van der Waals surface area contributed by atoms with Gasteiger partial charge in [-0.05, 0) is 31.4 Å². The van der Waals surface area contributed by atoms with Crippen LogP contribution in [0.3, 0.4) is 0 Å². The Morgan fingerprint density at radius 2 is 2.30 bits per heavy atom. The quantitative estimate of drug-likeness (QED) is 0.828. The van der Waals surface area contributed by atoms with Crippen LogP contribution in [0, 0.1) is 0 Å². The van der Waals surface area contributed by atoms with Crippen molar-refractivity contribution >= 4 is 5.91 Å². The van der Waals surface area contributed by atoms with Gasteiger partial charge in [0.05, 0.1) is 18.8 Å². The maximum atomic E-state index is 12.6. The molecule has 0 radical (unpaired) electrons. The van der Waals surface area contributed by atoms with Crippen molar-refractivity contribution in [3.05, 3.63) is 24.2 Å². The maximum Gasteiger partial charge on any atom is 0.240 e. The molecule has 0 aromatic carbocycles. The van der Waals surface area contributed by atoms with Gasteiger partial charge in [0.2, 0.25) is 5.91 Å². The molecule has 5 nitrogen and oxygen atoms in total. The summed E-state index contributed by atoms with van der Waals surface area (Å²) in [4.78, 5) is 14.5. The summed E-state index contributed by atoms with van der Waals surface area (Å²) in [5.41, 5.74) is 6.00. The molecule has 112 valence electrons. The van der Waals surface area contributed by atoms with E-state index >= 15 is 0 Å². The largest absolute Gasteiger partial charge is 0.467 e. The zero-order chi connectivity index (χ0) is 14.4. The van der Waals surface area contributed by atoms with Crippen LogP contribution in [0.2, 0.25) is 0 Å². The van der Waals surface area contributed by atoms with E-state index < -0.39 is 6.04 Å². The second kappa shape index (κ2) is 7.45. The SMILES string of the molecule is COCCC(N)C(=O)N(Cc1ccco1)C1CCCC1. The van der Waals surface area contributed by atoms with E-state index in [2.05, 4.69) is 0 Å². The molecule has 1 aliphatic carbocycles. The van der Waals surface area contributed by atoms with E-state index in [9.17, 15) is 4.79 Å². The lowest BCUT2D eigenvalue weighted by Gasteiger charge is -2.30. The molecule has 20 heavy (non-hydrogen) atoms. The zero-order valence-electron chi connectivity index (χ0n) is 12.1. The number of nitrogens with zero attached hydrogens (tertiary/aromatic N) is 1. The zero-order valence-corrected chi connectivity index (χ0v) is 12.1. The molecule has 2 rings (SSSR count). The van der Waals surface area contributed by atoms with Crippen LogP contribution in [0.15, 0.2) is 22.8 Å². The molecule has 0 aliphatic heterocycles. The molecule has 1 heterocycles. The first-order chi connectivity index (χ1) is 9.72. The molecule has 0 spiro atoms. The van der Waals surface area contributed by atoms with Crippen LogP contribution in [0.1, 0.15) is 37.9 Å². The van der Waals surface area contributed by atoms with Crippen molar-refractivity contribution in [2.75, 3.05) is 13.7 Å². The van der Waals surface area contributed by atoms with Gasteiger partial charge in [0, 0.05) is 19.8 Å². The van der Waals surface area contributed by atoms with Gasteiger partial charge in [-0.2, -0.15) is 0 Å². The molecule has 1 fully saturated rings. The first-order valence-corrected chi connectivity index (χ1v) is 7.29. The van der Waals surface area contributed by atoms with Crippen LogP contribution in [0.25, 0.3) is 0 Å². The van der Waals surface area contributed by atoms with Crippen LogP contribution >= 0.6 is 0 Å². The molecule has 1 amide bonds. The number of hydrogen-bond acceptors (Lipinski definition) is 4. The summed E-state index contributed by atoms with van der Waals surface area (Å²) in [5.74, 6) is 0.814. The summed E-state index contributed by atoms with van der Waals surface area (Å²) in [5, 5.41) is 0. The standard InChI is InChI=1S/C15H24N2O3/c1-19-10-8-14(16)15(18)17(12-5-2-3-6-12)11-13-7-4-9-20-13/h4,7,9,12,14H,2-3,5-6,8,10-11,16H2,1H3. The van der Waals surface area contributed by atoms with Gasteiger partial charge in [0.25, 0.3) is 0 Å². The molecule has 5 heteroatoms. The highest BCUT2D eigenvalue weighted by Crippen LogP contribution is 2.25. The predicted octanol–water partition coefficient (Wildman–Crippen LogP) is 1.91. The third-order valence-corrected chi connectivity index (χ3v) is 3.91. The van der Waals surface area contributed by atoms with E-state index in [1.165, 1.54) is 12.8 Å². The summed E-state index contributed by atoms with van der Waals surface area (Å²) in [6, 6.07) is 3.54. The van der Waals surface area contributed by atoms with Gasteiger partial charge >= 0.3 is 0 Å². The van der Waals surface area contributed by atoms with Crippen molar-refractivity contribution in [1.82, 2.24) is 4.90 Å². The van der Waals surface area contributed by atoms with Crippen molar-refractivity contribution in [1.29, 1.82) is 0 Å². The van der Waals surface area contributed by atoms with E-state index in [4.69, 9.17) is 14.9 Å². The average molecular weight is 280 g/mol. The number of amides is 1. The Morgan fingerprint density at radius 3 is 2.90 bits per heavy atom. The average Bonchev–Trinajstić information content (AvgIpc) is 3.13. The molecular weight excluding hydrogens is 256 g/mol. The van der Waals surface area contributed by atoms with Crippen LogP contribution in [0.4, 0.5) is 0 Å². The fraction of sp³-hybridized carbons (Fsp3) is 0.667. The Kier molecular flexibility index (Phi) is 5.61. The number of methoxy groups -OCH3 is 1. The fourth-order valence-corrected chi connectivity index (χ4v) is 2.75. The predicted molar refractivity (Wildman–Crippen MR) is 76.0 cm³/mol. The number of carbonyl (C=O) groups excluding carboxylic acids is 1. The summed E-state index contributed by atoms with van der Waals surface area (Å²) >= 11 is 0. The molecule has 1 atom stereocenters. The van der Waals surface area contributed by atoms with E-state index in [0.717, 1.165) is 18.6 Å². The van der Waals surface area contributed by atoms with E-state index in [1.807, 2.05) is 17.0 Å². The minimum Gasteiger partial charge on any atom is -0.467 e. The number of rotatable bonds is 7. The van der Waals surface area contributed by atoms with Crippen molar-refractivity contribution in [3.8, 4) is 0 Å². The molecule has 1 aromatic heterocycles. The monoisotopic (exact) mass is 280 g/mol. The summed E-state index contributed by atoms with van der Waals surface area (Å²) in [6.45, 7) is 1.02. The van der Waals surface area contributed by atoms with E-state index in [1.54, 1.807) is 13.4 Å². The highest BCUT2D eigenvalue weighted by Gasteiger charge is 2.30. The Balaban J connectivity index is 2.02. The lowest BCUT2D eigenvalue weighted by molar-refractivity contribution is -0.136. The molecule has 1 aliphatic rings. The van der Waals surface area contributed by atoms with E-state index in [0.29, 0.717) is 25.6 Å². The van der Waals surface area contributed by atoms with Crippen LogP contribution in [-0.4, -0.2) is 36.6 Å². The number of hydrogen-bond donors (Lipinski definition) is 1. The van der Waals surface area contributed by atoms with Crippen LogP contribution < -0.4 is 5.73 Å². The van der Waals surface area contributed by atoms with Crippen molar-refractivity contribution in [2.24, 2.45) is 5.73 Å². The Morgan fingerprint density at radius 1 is 1.55 bits per heavy atom. The minimum absolute atomic E-state index is 0.00495. The molecular formula is C15H24N2O3. The van der Waals surface area contributed by atoms with Crippen molar-refractivity contribution in [2.45, 2.75) is 50.7 Å². The Hall–Kier alpha value is -1.33. The van der Waals surface area contributed by atoms with Crippen molar-refractivity contribution < 1.29 is 13.9 Å². The molecule has 0 saturated heterocycles. The molecule has 2 N–H and O–H groups in total. The van der Waals surface area contributed by atoms with E-state index in [-0.39, 0.29) is 5.91 Å². The number of carbonyl (C=O) groups is 1.